The van der Waals surface area contributed by atoms with Crippen molar-refractivity contribution in [3.8, 4) is 0 Å². The van der Waals surface area contributed by atoms with E-state index in [0.29, 0.717) is 5.69 Å². The quantitative estimate of drug-likeness (QED) is 0.669. The number of likely N-dealkylation sites (N-methyl/N-ethyl adjacent to an activating group) is 1. The van der Waals surface area contributed by atoms with Gasteiger partial charge in [-0.25, -0.2) is 4.39 Å². The highest BCUT2D eigenvalue weighted by molar-refractivity contribution is 6.30. The van der Waals surface area contributed by atoms with Gasteiger partial charge in [0.05, 0.1) is 11.5 Å². The minimum Gasteiger partial charge on any atom is -0.360 e. The number of anilines is 2. The van der Waals surface area contributed by atoms with Gasteiger partial charge in [0.1, 0.15) is 11.5 Å². The van der Waals surface area contributed by atoms with Gasteiger partial charge >= 0.3 is 0 Å². The second-order valence-corrected chi connectivity index (χ2v) is 5.24. The van der Waals surface area contributed by atoms with E-state index in [2.05, 4.69) is 5.32 Å². The largest absolute Gasteiger partial charge is 0.360 e. The van der Waals surface area contributed by atoms with Crippen molar-refractivity contribution < 1.29 is 14.1 Å². The van der Waals surface area contributed by atoms with E-state index in [9.17, 15) is 19.3 Å². The molecule has 0 fully saturated rings. The van der Waals surface area contributed by atoms with Gasteiger partial charge in [0.15, 0.2) is 0 Å². The average Bonchev–Trinajstić information content (AvgIpc) is 2.46. The summed E-state index contributed by atoms with van der Waals surface area (Å²) in [5, 5.41) is 13.8. The summed E-state index contributed by atoms with van der Waals surface area (Å²) in [6.07, 6.45) is 0. The van der Waals surface area contributed by atoms with Crippen LogP contribution in [0, 0.1) is 15.9 Å². The van der Waals surface area contributed by atoms with E-state index in [0.717, 1.165) is 0 Å². The molecule has 120 valence electrons. The maximum absolute atomic E-state index is 13.1. The second-order valence-electron chi connectivity index (χ2n) is 4.80. The molecule has 23 heavy (non-hydrogen) atoms. The Hall–Kier alpha value is -2.67. The molecule has 2 aromatic carbocycles. The summed E-state index contributed by atoms with van der Waals surface area (Å²) < 4.78 is 13.1. The van der Waals surface area contributed by atoms with Crippen LogP contribution in [0.5, 0.6) is 0 Å². The van der Waals surface area contributed by atoms with Gasteiger partial charge in [-0.05, 0) is 30.3 Å². The van der Waals surface area contributed by atoms with Gasteiger partial charge in [0.25, 0.3) is 5.69 Å². The van der Waals surface area contributed by atoms with E-state index in [1.165, 1.54) is 41.3 Å². The lowest BCUT2D eigenvalue weighted by Crippen LogP contribution is -2.30. The maximum atomic E-state index is 13.1. The third kappa shape index (κ3) is 4.40. The molecule has 0 aliphatic carbocycles. The topological polar surface area (TPSA) is 75.5 Å². The molecule has 1 amide bonds. The average molecular weight is 338 g/mol. The Morgan fingerprint density at radius 1 is 1.35 bits per heavy atom. The minimum atomic E-state index is -0.567. The molecule has 0 aliphatic rings. The molecule has 2 aromatic rings. The summed E-state index contributed by atoms with van der Waals surface area (Å²) in [4.78, 5) is 23.9. The molecule has 0 atom stereocenters. The standard InChI is InChI=1S/C15H13ClFN3O3/c1-19(13-6-5-10(16)7-14(13)20(22)23)9-15(21)18-12-4-2-3-11(17)8-12/h2-8H,9H2,1H3,(H,18,21). The first-order valence-electron chi connectivity index (χ1n) is 6.57. The molecule has 1 N–H and O–H groups in total. The Labute approximate surface area is 136 Å². The predicted molar refractivity (Wildman–Crippen MR) is 86.4 cm³/mol. The lowest BCUT2D eigenvalue weighted by Gasteiger charge is -2.18. The molecule has 0 heterocycles. The molecule has 6 nitrogen and oxygen atoms in total. The molecule has 0 spiro atoms. The number of halogens is 2. The molecular formula is C15H13ClFN3O3. The van der Waals surface area contributed by atoms with Crippen molar-refractivity contribution in [1.29, 1.82) is 0 Å². The predicted octanol–water partition coefficient (Wildman–Crippen LogP) is 3.46. The Morgan fingerprint density at radius 2 is 2.09 bits per heavy atom. The minimum absolute atomic E-state index is 0.140. The number of nitrogens with one attached hydrogen (secondary N) is 1. The van der Waals surface area contributed by atoms with Crippen LogP contribution < -0.4 is 10.2 Å². The number of nitro benzene ring substituents is 1. The van der Waals surface area contributed by atoms with Crippen molar-refractivity contribution in [3.63, 3.8) is 0 Å². The first-order chi connectivity index (χ1) is 10.9. The van der Waals surface area contributed by atoms with Gasteiger partial charge in [-0.3, -0.25) is 14.9 Å². The molecular weight excluding hydrogens is 325 g/mol. The number of rotatable bonds is 5. The number of carbonyl (C=O) groups is 1. The van der Waals surface area contributed by atoms with Crippen LogP contribution in [0.3, 0.4) is 0 Å². The van der Waals surface area contributed by atoms with Crippen molar-refractivity contribution >= 4 is 34.6 Å². The van der Waals surface area contributed by atoms with Gasteiger partial charge < -0.3 is 10.2 Å². The van der Waals surface area contributed by atoms with Crippen molar-refractivity contribution in [2.45, 2.75) is 0 Å². The zero-order chi connectivity index (χ0) is 17.0. The summed E-state index contributed by atoms with van der Waals surface area (Å²) in [7, 11) is 1.54. The first-order valence-corrected chi connectivity index (χ1v) is 6.95. The number of nitrogens with zero attached hydrogens (tertiary/aromatic N) is 2. The fourth-order valence-corrected chi connectivity index (χ4v) is 2.20. The lowest BCUT2D eigenvalue weighted by atomic mass is 10.2. The number of hydrogen-bond donors (Lipinski definition) is 1. The molecule has 0 aromatic heterocycles. The lowest BCUT2D eigenvalue weighted by molar-refractivity contribution is -0.384. The molecule has 0 saturated carbocycles. The van der Waals surface area contributed by atoms with Gasteiger partial charge in [-0.1, -0.05) is 17.7 Å². The summed E-state index contributed by atoms with van der Waals surface area (Å²) in [6.45, 7) is -0.140. The number of benzene rings is 2. The Morgan fingerprint density at radius 3 is 2.74 bits per heavy atom. The number of nitro groups is 1. The molecule has 0 saturated heterocycles. The van der Waals surface area contributed by atoms with Crippen LogP contribution >= 0.6 is 11.6 Å². The van der Waals surface area contributed by atoms with Crippen molar-refractivity contribution in [3.05, 3.63) is 63.4 Å². The maximum Gasteiger partial charge on any atom is 0.294 e. The highest BCUT2D eigenvalue weighted by atomic mass is 35.5. The van der Waals surface area contributed by atoms with Crippen molar-refractivity contribution in [2.24, 2.45) is 0 Å². The van der Waals surface area contributed by atoms with E-state index in [1.54, 1.807) is 13.1 Å². The van der Waals surface area contributed by atoms with Gasteiger partial charge in [-0.15, -0.1) is 0 Å². The van der Waals surface area contributed by atoms with E-state index >= 15 is 0 Å². The van der Waals surface area contributed by atoms with E-state index in [1.807, 2.05) is 0 Å². The highest BCUT2D eigenvalue weighted by Crippen LogP contribution is 2.30. The van der Waals surface area contributed by atoms with Gasteiger partial charge in [-0.2, -0.15) is 0 Å². The Balaban J connectivity index is 2.11. The monoisotopic (exact) mass is 337 g/mol. The van der Waals surface area contributed by atoms with Crippen LogP contribution in [0.4, 0.5) is 21.5 Å². The third-order valence-corrected chi connectivity index (χ3v) is 3.27. The number of carbonyl (C=O) groups excluding carboxylic acids is 1. The summed E-state index contributed by atoms with van der Waals surface area (Å²) in [5.41, 5.74) is 0.376. The van der Waals surface area contributed by atoms with E-state index in [4.69, 9.17) is 11.6 Å². The highest BCUT2D eigenvalue weighted by Gasteiger charge is 2.19. The van der Waals surface area contributed by atoms with E-state index < -0.39 is 16.6 Å². The van der Waals surface area contributed by atoms with Gasteiger partial charge in [0.2, 0.25) is 5.91 Å². The second kappa shape index (κ2) is 7.06. The Kier molecular flexibility index (Phi) is 5.13. The fourth-order valence-electron chi connectivity index (χ4n) is 2.03. The van der Waals surface area contributed by atoms with Crippen LogP contribution in [0.15, 0.2) is 42.5 Å². The molecule has 2 rings (SSSR count). The number of hydrogen-bond acceptors (Lipinski definition) is 4. The smallest absolute Gasteiger partial charge is 0.294 e. The third-order valence-electron chi connectivity index (χ3n) is 3.03. The van der Waals surface area contributed by atoms with Crippen molar-refractivity contribution in [1.82, 2.24) is 0 Å². The van der Waals surface area contributed by atoms with Gasteiger partial charge in [0, 0.05) is 23.8 Å². The SMILES string of the molecule is CN(CC(=O)Nc1cccc(F)c1)c1ccc(Cl)cc1[N+](=O)[O-]. The summed E-state index contributed by atoms with van der Waals surface area (Å²) in [5.74, 6) is -0.896. The molecule has 0 bridgehead atoms. The zero-order valence-electron chi connectivity index (χ0n) is 12.1. The van der Waals surface area contributed by atoms with Crippen LogP contribution in [0.2, 0.25) is 5.02 Å². The van der Waals surface area contributed by atoms with Crippen molar-refractivity contribution in [2.75, 3.05) is 23.8 Å². The zero-order valence-corrected chi connectivity index (χ0v) is 12.9. The molecule has 0 unspecified atom stereocenters. The fraction of sp³-hybridized carbons (Fsp3) is 0.133. The van der Waals surface area contributed by atoms with Crippen LogP contribution in [-0.4, -0.2) is 24.4 Å². The van der Waals surface area contributed by atoms with Crippen LogP contribution in [-0.2, 0) is 4.79 Å². The number of amides is 1. The molecule has 8 heteroatoms. The Bertz CT molecular complexity index is 754. The summed E-state index contributed by atoms with van der Waals surface area (Å²) >= 11 is 5.76. The van der Waals surface area contributed by atoms with Crippen LogP contribution in [0.25, 0.3) is 0 Å². The molecule has 0 radical (unpaired) electrons. The van der Waals surface area contributed by atoms with E-state index in [-0.39, 0.29) is 22.9 Å². The summed E-state index contributed by atoms with van der Waals surface area (Å²) in [6, 6.07) is 9.66. The first kappa shape index (κ1) is 16.7. The van der Waals surface area contributed by atoms with Crippen LogP contribution in [0.1, 0.15) is 0 Å². The molecule has 0 aliphatic heterocycles. The normalized spacial score (nSPS) is 10.2.